The highest BCUT2D eigenvalue weighted by Gasteiger charge is 2.27. The number of nitrogens with one attached hydrogen (secondary N) is 1. The van der Waals surface area contributed by atoms with Gasteiger partial charge in [-0.2, -0.15) is 0 Å². The summed E-state index contributed by atoms with van der Waals surface area (Å²) in [5.74, 6) is 1.66. The highest BCUT2D eigenvalue weighted by molar-refractivity contribution is 6.31. The van der Waals surface area contributed by atoms with Gasteiger partial charge in [0, 0.05) is 5.02 Å². The Labute approximate surface area is 110 Å². The fourth-order valence-electron chi connectivity index (χ4n) is 2.59. The van der Waals surface area contributed by atoms with Crippen LogP contribution in [0.15, 0.2) is 24.3 Å². The zero-order valence-electron chi connectivity index (χ0n) is 10.6. The normalized spacial score (nSPS) is 17.8. The molecule has 0 heterocycles. The van der Waals surface area contributed by atoms with E-state index in [-0.39, 0.29) is 0 Å². The van der Waals surface area contributed by atoms with Gasteiger partial charge in [0.15, 0.2) is 0 Å². The van der Waals surface area contributed by atoms with Crippen molar-refractivity contribution in [3.63, 3.8) is 0 Å². The summed E-state index contributed by atoms with van der Waals surface area (Å²) in [5, 5.41) is 4.42. The zero-order chi connectivity index (χ0) is 12.1. The Bertz CT molecular complexity index is 347. The highest BCUT2D eigenvalue weighted by atomic mass is 35.5. The average molecular weight is 252 g/mol. The van der Waals surface area contributed by atoms with E-state index in [1.165, 1.54) is 24.8 Å². The Morgan fingerprint density at radius 2 is 2.12 bits per heavy atom. The van der Waals surface area contributed by atoms with Crippen LogP contribution in [-0.2, 0) is 6.42 Å². The molecular weight excluding hydrogens is 230 g/mol. The van der Waals surface area contributed by atoms with E-state index in [1.54, 1.807) is 0 Å². The molecular formula is C15H22ClN. The lowest BCUT2D eigenvalue weighted by molar-refractivity contribution is 0.200. The van der Waals surface area contributed by atoms with E-state index >= 15 is 0 Å². The van der Waals surface area contributed by atoms with E-state index in [2.05, 4.69) is 24.4 Å². The van der Waals surface area contributed by atoms with Crippen molar-refractivity contribution in [3.05, 3.63) is 34.9 Å². The number of halogens is 1. The lowest BCUT2D eigenvalue weighted by Crippen LogP contribution is -2.33. The van der Waals surface area contributed by atoms with Crippen molar-refractivity contribution in [2.45, 2.75) is 32.6 Å². The third kappa shape index (κ3) is 3.46. The first-order valence-corrected chi connectivity index (χ1v) is 7.13. The Hall–Kier alpha value is -0.530. The number of benzene rings is 1. The maximum absolute atomic E-state index is 6.25. The quantitative estimate of drug-likeness (QED) is 0.809. The number of rotatable bonds is 6. The number of hydrogen-bond acceptors (Lipinski definition) is 1. The first-order chi connectivity index (χ1) is 8.31. The molecule has 2 rings (SSSR count). The molecule has 0 aromatic heterocycles. The van der Waals surface area contributed by atoms with Crippen molar-refractivity contribution in [2.24, 2.45) is 11.8 Å². The van der Waals surface area contributed by atoms with E-state index in [4.69, 9.17) is 11.6 Å². The molecule has 1 aromatic carbocycles. The van der Waals surface area contributed by atoms with Crippen molar-refractivity contribution in [2.75, 3.05) is 13.1 Å². The Balaban J connectivity index is 1.98. The Morgan fingerprint density at radius 3 is 2.71 bits per heavy atom. The van der Waals surface area contributed by atoms with Crippen LogP contribution in [0, 0.1) is 11.8 Å². The van der Waals surface area contributed by atoms with Crippen LogP contribution in [0.5, 0.6) is 0 Å². The van der Waals surface area contributed by atoms with Gasteiger partial charge in [0.25, 0.3) is 0 Å². The van der Waals surface area contributed by atoms with Crippen LogP contribution < -0.4 is 5.32 Å². The van der Waals surface area contributed by atoms with Crippen molar-refractivity contribution in [3.8, 4) is 0 Å². The fraction of sp³-hybridized carbons (Fsp3) is 0.600. The van der Waals surface area contributed by atoms with Crippen LogP contribution >= 0.6 is 11.6 Å². The average Bonchev–Trinajstić information content (AvgIpc) is 2.26. The predicted octanol–water partition coefficient (Wildman–Crippen LogP) is 3.91. The molecule has 17 heavy (non-hydrogen) atoms. The van der Waals surface area contributed by atoms with E-state index in [0.717, 1.165) is 36.4 Å². The minimum Gasteiger partial charge on any atom is -0.317 e. The summed E-state index contributed by atoms with van der Waals surface area (Å²) in [6.45, 7) is 4.37. The van der Waals surface area contributed by atoms with E-state index < -0.39 is 0 Å². The number of hydrogen-bond donors (Lipinski definition) is 1. The topological polar surface area (TPSA) is 12.0 Å². The standard InChI is InChI=1S/C15H22ClN/c1-2-17-11-14(12-7-5-8-12)10-13-6-3-4-9-15(13)16/h3-4,6,9,12,14,17H,2,5,7-8,10-11H2,1H3. The molecule has 1 atom stereocenters. The second kappa shape index (κ2) is 6.42. The molecule has 1 nitrogen and oxygen atoms in total. The largest absolute Gasteiger partial charge is 0.317 e. The van der Waals surface area contributed by atoms with Gasteiger partial charge in [-0.05, 0) is 43.0 Å². The second-order valence-corrected chi connectivity index (χ2v) is 5.46. The van der Waals surface area contributed by atoms with Crippen LogP contribution in [0.25, 0.3) is 0 Å². The smallest absolute Gasteiger partial charge is 0.0438 e. The van der Waals surface area contributed by atoms with Crippen LogP contribution in [-0.4, -0.2) is 13.1 Å². The van der Waals surface area contributed by atoms with Gasteiger partial charge in [-0.25, -0.2) is 0 Å². The van der Waals surface area contributed by atoms with Gasteiger partial charge in [-0.15, -0.1) is 0 Å². The van der Waals surface area contributed by atoms with E-state index in [9.17, 15) is 0 Å². The molecule has 1 aliphatic rings. The van der Waals surface area contributed by atoms with Crippen LogP contribution in [0.3, 0.4) is 0 Å². The van der Waals surface area contributed by atoms with Gasteiger partial charge in [0.05, 0.1) is 0 Å². The molecule has 0 spiro atoms. The highest BCUT2D eigenvalue weighted by Crippen LogP contribution is 2.35. The van der Waals surface area contributed by atoms with Crippen molar-refractivity contribution in [1.29, 1.82) is 0 Å². The van der Waals surface area contributed by atoms with Gasteiger partial charge in [0.1, 0.15) is 0 Å². The third-order valence-corrected chi connectivity index (χ3v) is 4.28. The minimum atomic E-state index is 0.753. The molecule has 0 bridgehead atoms. The molecule has 1 N–H and O–H groups in total. The summed E-state index contributed by atoms with van der Waals surface area (Å²) in [6, 6.07) is 8.27. The Kier molecular flexibility index (Phi) is 4.87. The molecule has 0 saturated heterocycles. The molecule has 94 valence electrons. The molecule has 1 aliphatic carbocycles. The fourth-order valence-corrected chi connectivity index (χ4v) is 2.81. The van der Waals surface area contributed by atoms with Crippen molar-refractivity contribution in [1.82, 2.24) is 5.32 Å². The lowest BCUT2D eigenvalue weighted by atomic mass is 9.73. The van der Waals surface area contributed by atoms with Gasteiger partial charge in [-0.1, -0.05) is 56.0 Å². The summed E-state index contributed by atoms with van der Waals surface area (Å²) >= 11 is 6.25. The molecule has 2 heteroatoms. The maximum Gasteiger partial charge on any atom is 0.0438 e. The summed E-state index contributed by atoms with van der Waals surface area (Å²) in [5.41, 5.74) is 1.31. The first-order valence-electron chi connectivity index (χ1n) is 6.75. The molecule has 0 amide bonds. The van der Waals surface area contributed by atoms with Gasteiger partial charge in [-0.3, -0.25) is 0 Å². The lowest BCUT2D eigenvalue weighted by Gasteiger charge is -2.34. The molecule has 1 saturated carbocycles. The minimum absolute atomic E-state index is 0.753. The summed E-state index contributed by atoms with van der Waals surface area (Å²) < 4.78 is 0. The molecule has 1 unspecified atom stereocenters. The first kappa shape index (κ1) is 12.9. The van der Waals surface area contributed by atoms with E-state index in [0.29, 0.717) is 0 Å². The summed E-state index contributed by atoms with van der Waals surface area (Å²) in [7, 11) is 0. The summed E-state index contributed by atoms with van der Waals surface area (Å²) in [4.78, 5) is 0. The molecule has 1 aromatic rings. The zero-order valence-corrected chi connectivity index (χ0v) is 11.3. The molecule has 1 fully saturated rings. The monoisotopic (exact) mass is 251 g/mol. The maximum atomic E-state index is 6.25. The van der Waals surface area contributed by atoms with Crippen LogP contribution in [0.1, 0.15) is 31.7 Å². The predicted molar refractivity (Wildman–Crippen MR) is 74.5 cm³/mol. The van der Waals surface area contributed by atoms with E-state index in [1.807, 2.05) is 12.1 Å². The SMILES string of the molecule is CCNCC(Cc1ccccc1Cl)C1CCC1. The van der Waals surface area contributed by atoms with Gasteiger partial charge < -0.3 is 5.32 Å². The van der Waals surface area contributed by atoms with Gasteiger partial charge in [0.2, 0.25) is 0 Å². The molecule has 0 aliphatic heterocycles. The molecule has 0 radical (unpaired) electrons. The van der Waals surface area contributed by atoms with Crippen LogP contribution in [0.4, 0.5) is 0 Å². The van der Waals surface area contributed by atoms with Crippen molar-refractivity contribution < 1.29 is 0 Å². The second-order valence-electron chi connectivity index (χ2n) is 5.05. The Morgan fingerprint density at radius 1 is 1.35 bits per heavy atom. The summed E-state index contributed by atoms with van der Waals surface area (Å²) in [6.07, 6.45) is 5.34. The van der Waals surface area contributed by atoms with Crippen LogP contribution in [0.2, 0.25) is 5.02 Å². The third-order valence-electron chi connectivity index (χ3n) is 3.91. The van der Waals surface area contributed by atoms with Crippen molar-refractivity contribution >= 4 is 11.6 Å². The van der Waals surface area contributed by atoms with Gasteiger partial charge >= 0.3 is 0 Å².